The van der Waals surface area contributed by atoms with Crippen LogP contribution < -0.4 is 0 Å². The van der Waals surface area contributed by atoms with Crippen LogP contribution in [0.3, 0.4) is 0 Å². The number of imidazole rings is 1. The molecule has 1 heterocycles. The van der Waals surface area contributed by atoms with Crippen LogP contribution in [0.5, 0.6) is 0 Å². The van der Waals surface area contributed by atoms with Crippen molar-refractivity contribution in [2.45, 2.75) is 13.3 Å². The fourth-order valence-electron chi connectivity index (χ4n) is 1.33. The van der Waals surface area contributed by atoms with Gasteiger partial charge in [-0.25, -0.2) is 4.98 Å². The third-order valence-corrected chi connectivity index (χ3v) is 2.17. The largest absolute Gasteiger partial charge is 0.345 e. The summed E-state index contributed by atoms with van der Waals surface area (Å²) in [5, 5.41) is 0. The molecule has 0 saturated carbocycles. The van der Waals surface area contributed by atoms with Crippen LogP contribution in [0.15, 0.2) is 36.8 Å². The third kappa shape index (κ3) is 1.61. The highest BCUT2D eigenvalue weighted by Crippen LogP contribution is 2.16. The predicted octanol–water partition coefficient (Wildman–Crippen LogP) is 2.64. The molecule has 0 spiro atoms. The lowest BCUT2D eigenvalue weighted by Gasteiger charge is -1.99. The van der Waals surface area contributed by atoms with E-state index in [1.165, 1.54) is 11.1 Å². The van der Waals surface area contributed by atoms with Crippen molar-refractivity contribution in [3.05, 3.63) is 42.4 Å². The molecule has 0 saturated heterocycles. The van der Waals surface area contributed by atoms with Gasteiger partial charge in [-0.2, -0.15) is 0 Å². The van der Waals surface area contributed by atoms with Gasteiger partial charge in [0.05, 0.1) is 18.2 Å². The molecule has 2 aromatic rings. The molecule has 0 fully saturated rings. The fraction of sp³-hybridized carbons (Fsp3) is 0.182. The molecule has 0 amide bonds. The number of rotatable bonds is 2. The van der Waals surface area contributed by atoms with E-state index in [0.29, 0.717) is 0 Å². The van der Waals surface area contributed by atoms with E-state index in [-0.39, 0.29) is 0 Å². The first kappa shape index (κ1) is 8.05. The van der Waals surface area contributed by atoms with Crippen molar-refractivity contribution in [3.63, 3.8) is 0 Å². The SMILES string of the molecule is CCc1ccc(-c2cnc[nH]2)cc1. The summed E-state index contributed by atoms with van der Waals surface area (Å²) in [7, 11) is 0. The Morgan fingerprint density at radius 1 is 1.23 bits per heavy atom. The highest BCUT2D eigenvalue weighted by atomic mass is 14.9. The second kappa shape index (κ2) is 3.44. The zero-order chi connectivity index (χ0) is 9.10. The summed E-state index contributed by atoms with van der Waals surface area (Å²) in [5.41, 5.74) is 3.63. The number of aryl methyl sites for hydroxylation is 1. The molecule has 2 nitrogen and oxygen atoms in total. The van der Waals surface area contributed by atoms with Gasteiger partial charge in [0.1, 0.15) is 0 Å². The maximum Gasteiger partial charge on any atom is 0.0924 e. The van der Waals surface area contributed by atoms with Gasteiger partial charge >= 0.3 is 0 Å². The number of aromatic amines is 1. The van der Waals surface area contributed by atoms with Crippen LogP contribution in [0.2, 0.25) is 0 Å². The Labute approximate surface area is 77.6 Å². The monoisotopic (exact) mass is 172 g/mol. The van der Waals surface area contributed by atoms with Gasteiger partial charge in [0.25, 0.3) is 0 Å². The molecule has 13 heavy (non-hydrogen) atoms. The summed E-state index contributed by atoms with van der Waals surface area (Å²) in [6, 6.07) is 8.53. The van der Waals surface area contributed by atoms with Crippen molar-refractivity contribution in [2.75, 3.05) is 0 Å². The molecule has 66 valence electrons. The first-order chi connectivity index (χ1) is 6.40. The van der Waals surface area contributed by atoms with Crippen LogP contribution in [0.1, 0.15) is 12.5 Å². The maximum absolute atomic E-state index is 3.99. The Hall–Kier alpha value is -1.57. The summed E-state index contributed by atoms with van der Waals surface area (Å²) < 4.78 is 0. The smallest absolute Gasteiger partial charge is 0.0924 e. The van der Waals surface area contributed by atoms with Crippen molar-refractivity contribution >= 4 is 0 Å². The van der Waals surface area contributed by atoms with Crippen molar-refractivity contribution < 1.29 is 0 Å². The Morgan fingerprint density at radius 3 is 2.54 bits per heavy atom. The third-order valence-electron chi connectivity index (χ3n) is 2.17. The summed E-state index contributed by atoms with van der Waals surface area (Å²) >= 11 is 0. The van der Waals surface area contributed by atoms with Crippen molar-refractivity contribution in [1.29, 1.82) is 0 Å². The zero-order valence-electron chi connectivity index (χ0n) is 7.62. The Balaban J connectivity index is 2.33. The van der Waals surface area contributed by atoms with Gasteiger partial charge in [0.2, 0.25) is 0 Å². The fourth-order valence-corrected chi connectivity index (χ4v) is 1.33. The molecule has 0 aliphatic rings. The summed E-state index contributed by atoms with van der Waals surface area (Å²) in [4.78, 5) is 7.07. The number of aromatic nitrogens is 2. The molecule has 0 radical (unpaired) electrons. The van der Waals surface area contributed by atoms with Gasteiger partial charge in [-0.1, -0.05) is 31.2 Å². The molecule has 0 atom stereocenters. The molecule has 1 N–H and O–H groups in total. The highest BCUT2D eigenvalue weighted by Gasteiger charge is 1.97. The van der Waals surface area contributed by atoms with Crippen LogP contribution in [0.4, 0.5) is 0 Å². The van der Waals surface area contributed by atoms with E-state index >= 15 is 0 Å². The normalized spacial score (nSPS) is 10.2. The average molecular weight is 172 g/mol. The second-order valence-electron chi connectivity index (χ2n) is 3.02. The van der Waals surface area contributed by atoms with Crippen LogP contribution in [-0.4, -0.2) is 9.97 Å². The van der Waals surface area contributed by atoms with Gasteiger partial charge in [0, 0.05) is 0 Å². The number of benzene rings is 1. The Kier molecular flexibility index (Phi) is 2.13. The van der Waals surface area contributed by atoms with E-state index in [9.17, 15) is 0 Å². The first-order valence-corrected chi connectivity index (χ1v) is 4.48. The first-order valence-electron chi connectivity index (χ1n) is 4.48. The zero-order valence-corrected chi connectivity index (χ0v) is 7.62. The lowest BCUT2D eigenvalue weighted by atomic mass is 10.1. The predicted molar refractivity (Wildman–Crippen MR) is 53.4 cm³/mol. The molecule has 0 aliphatic heterocycles. The van der Waals surface area contributed by atoms with E-state index in [1.807, 2.05) is 6.20 Å². The van der Waals surface area contributed by atoms with Gasteiger partial charge in [-0.3, -0.25) is 0 Å². The Morgan fingerprint density at radius 2 is 2.00 bits per heavy atom. The minimum atomic E-state index is 1.07. The minimum Gasteiger partial charge on any atom is -0.345 e. The second-order valence-corrected chi connectivity index (χ2v) is 3.02. The highest BCUT2D eigenvalue weighted by molar-refractivity contribution is 5.58. The van der Waals surface area contributed by atoms with Crippen molar-refractivity contribution in [1.82, 2.24) is 9.97 Å². The van der Waals surface area contributed by atoms with E-state index in [1.54, 1.807) is 6.33 Å². The number of nitrogens with zero attached hydrogens (tertiary/aromatic N) is 1. The summed E-state index contributed by atoms with van der Waals surface area (Å²) in [6.07, 6.45) is 4.62. The number of nitrogens with one attached hydrogen (secondary N) is 1. The van der Waals surface area contributed by atoms with Gasteiger partial charge in [0.15, 0.2) is 0 Å². The van der Waals surface area contributed by atoms with Crippen LogP contribution >= 0.6 is 0 Å². The topological polar surface area (TPSA) is 28.7 Å². The van der Waals surface area contributed by atoms with E-state index in [4.69, 9.17) is 0 Å². The molecule has 2 rings (SSSR count). The molecule has 0 aliphatic carbocycles. The lowest BCUT2D eigenvalue weighted by Crippen LogP contribution is -1.80. The minimum absolute atomic E-state index is 1.07. The molecule has 1 aromatic carbocycles. The van der Waals surface area contributed by atoms with Crippen LogP contribution in [0, 0.1) is 0 Å². The van der Waals surface area contributed by atoms with Crippen LogP contribution in [-0.2, 0) is 6.42 Å². The summed E-state index contributed by atoms with van der Waals surface area (Å²) in [5.74, 6) is 0. The van der Waals surface area contributed by atoms with Crippen molar-refractivity contribution in [2.24, 2.45) is 0 Å². The Bertz CT molecular complexity index is 359. The number of hydrogen-bond acceptors (Lipinski definition) is 1. The molecule has 1 aromatic heterocycles. The molecular weight excluding hydrogens is 160 g/mol. The van der Waals surface area contributed by atoms with Gasteiger partial charge < -0.3 is 4.98 Å². The molecule has 0 bridgehead atoms. The van der Waals surface area contributed by atoms with Gasteiger partial charge in [-0.15, -0.1) is 0 Å². The lowest BCUT2D eigenvalue weighted by molar-refractivity contribution is 1.14. The molecule has 2 heteroatoms. The van der Waals surface area contributed by atoms with Crippen LogP contribution in [0.25, 0.3) is 11.3 Å². The average Bonchev–Trinajstić information content (AvgIpc) is 2.71. The standard InChI is InChI=1S/C11H12N2/c1-2-9-3-5-10(6-4-9)11-7-12-8-13-11/h3-8H,2H2,1H3,(H,12,13). The van der Waals surface area contributed by atoms with E-state index < -0.39 is 0 Å². The summed E-state index contributed by atoms with van der Waals surface area (Å²) in [6.45, 7) is 2.16. The number of H-pyrrole nitrogens is 1. The van der Waals surface area contributed by atoms with Gasteiger partial charge in [-0.05, 0) is 17.5 Å². The van der Waals surface area contributed by atoms with Crippen molar-refractivity contribution in [3.8, 4) is 11.3 Å². The quantitative estimate of drug-likeness (QED) is 0.741. The molecule has 0 unspecified atom stereocenters. The van der Waals surface area contributed by atoms with E-state index in [2.05, 4.69) is 41.2 Å². The maximum atomic E-state index is 3.99. The van der Waals surface area contributed by atoms with E-state index in [0.717, 1.165) is 12.1 Å². The molecular formula is C11H12N2. The number of hydrogen-bond donors (Lipinski definition) is 1.